The molecule has 0 saturated carbocycles. The number of ether oxygens (including phenoxy) is 3. The van der Waals surface area contributed by atoms with Crippen LogP contribution in [0.3, 0.4) is 0 Å². The monoisotopic (exact) mass is 500 g/mol. The van der Waals surface area contributed by atoms with Gasteiger partial charge in [0.15, 0.2) is 23.9 Å². The molecule has 2 heterocycles. The number of benzene rings is 1. The highest BCUT2D eigenvalue weighted by Crippen LogP contribution is 2.29. The summed E-state index contributed by atoms with van der Waals surface area (Å²) in [6.45, 7) is 4.89. The van der Waals surface area contributed by atoms with E-state index in [-0.39, 0.29) is 45.7 Å². The molecule has 1 fully saturated rings. The quantitative estimate of drug-likeness (QED) is 0.341. The van der Waals surface area contributed by atoms with Crippen LogP contribution in [0.1, 0.15) is 19.4 Å². The molecule has 1 N–H and O–H groups in total. The number of nitrogens with one attached hydrogen (secondary N) is 1. The van der Waals surface area contributed by atoms with Gasteiger partial charge in [-0.25, -0.2) is 4.98 Å². The number of hydrogen-bond acceptors (Lipinski definition) is 7. The topological polar surface area (TPSA) is 85.3 Å². The van der Waals surface area contributed by atoms with Crippen molar-refractivity contribution in [2.45, 2.75) is 26.1 Å². The van der Waals surface area contributed by atoms with Crippen molar-refractivity contribution in [1.82, 2.24) is 9.88 Å². The van der Waals surface area contributed by atoms with Crippen LogP contribution in [0.25, 0.3) is 0 Å². The van der Waals surface area contributed by atoms with Crippen molar-refractivity contribution in [1.29, 1.82) is 0 Å². The standard InChI is InChI=1S/C21H23Cl3N4O4/c1-12-9-28(10-13(2)32-12)19(29)11-31-17-5-4-14(6-18(17)30-3)8-25-27-21-16(23)7-15(22)20(24)26-21/h4-8,12-13H,9-11H2,1-3H3,(H,26,27)/b25-8-/t12-,13-/m0/s1. The van der Waals surface area contributed by atoms with E-state index in [1.165, 1.54) is 13.2 Å². The van der Waals surface area contributed by atoms with Crippen LogP contribution < -0.4 is 14.9 Å². The zero-order valence-corrected chi connectivity index (χ0v) is 20.0. The molecule has 0 radical (unpaired) electrons. The molecule has 0 bridgehead atoms. The molecule has 1 aromatic heterocycles. The lowest BCUT2D eigenvalue weighted by Crippen LogP contribution is -2.49. The molecule has 0 unspecified atom stereocenters. The summed E-state index contributed by atoms with van der Waals surface area (Å²) in [4.78, 5) is 18.3. The van der Waals surface area contributed by atoms with Gasteiger partial charge in [0, 0.05) is 13.1 Å². The van der Waals surface area contributed by atoms with Gasteiger partial charge in [0.25, 0.3) is 5.91 Å². The third-order valence-electron chi connectivity index (χ3n) is 4.58. The van der Waals surface area contributed by atoms with Crippen LogP contribution in [0.5, 0.6) is 11.5 Å². The Morgan fingerprint density at radius 3 is 2.62 bits per heavy atom. The Balaban J connectivity index is 1.61. The summed E-state index contributed by atoms with van der Waals surface area (Å²) >= 11 is 17.8. The molecule has 11 heteroatoms. The second-order valence-corrected chi connectivity index (χ2v) is 8.39. The van der Waals surface area contributed by atoms with Crippen molar-refractivity contribution >= 4 is 52.7 Å². The Labute approximate surface area is 201 Å². The Bertz CT molecular complexity index is 995. The molecule has 3 rings (SSSR count). The summed E-state index contributed by atoms with van der Waals surface area (Å²) in [6.07, 6.45) is 1.55. The van der Waals surface area contributed by atoms with E-state index in [0.717, 1.165) is 5.56 Å². The van der Waals surface area contributed by atoms with Crippen molar-refractivity contribution in [3.8, 4) is 11.5 Å². The van der Waals surface area contributed by atoms with Gasteiger partial charge in [-0.1, -0.05) is 34.8 Å². The van der Waals surface area contributed by atoms with Crippen LogP contribution in [0.2, 0.25) is 15.2 Å². The normalized spacial score (nSPS) is 18.6. The summed E-state index contributed by atoms with van der Waals surface area (Å²) in [7, 11) is 1.52. The van der Waals surface area contributed by atoms with Gasteiger partial charge in [0.05, 0.1) is 35.6 Å². The molecular weight excluding hydrogens is 479 g/mol. The summed E-state index contributed by atoms with van der Waals surface area (Å²) in [5.41, 5.74) is 3.44. The predicted octanol–water partition coefficient (Wildman–Crippen LogP) is 4.51. The lowest BCUT2D eigenvalue weighted by molar-refractivity contribution is -0.145. The van der Waals surface area contributed by atoms with E-state index in [1.807, 2.05) is 13.8 Å². The molecule has 1 aromatic carbocycles. The van der Waals surface area contributed by atoms with Crippen LogP contribution >= 0.6 is 34.8 Å². The van der Waals surface area contributed by atoms with Crippen molar-refractivity contribution in [3.63, 3.8) is 0 Å². The number of anilines is 1. The smallest absolute Gasteiger partial charge is 0.260 e. The molecule has 1 aliphatic heterocycles. The molecule has 2 atom stereocenters. The van der Waals surface area contributed by atoms with Gasteiger partial charge < -0.3 is 19.1 Å². The number of rotatable bonds is 7. The fraction of sp³-hybridized carbons (Fsp3) is 0.381. The molecule has 1 saturated heterocycles. The van der Waals surface area contributed by atoms with E-state index in [9.17, 15) is 4.79 Å². The zero-order valence-electron chi connectivity index (χ0n) is 17.8. The summed E-state index contributed by atoms with van der Waals surface area (Å²) in [5.74, 6) is 1.09. The number of carbonyl (C=O) groups excluding carboxylic acids is 1. The molecule has 0 spiro atoms. The highest BCUT2D eigenvalue weighted by molar-refractivity contribution is 6.42. The maximum absolute atomic E-state index is 12.5. The minimum absolute atomic E-state index is 0.00149. The van der Waals surface area contributed by atoms with E-state index < -0.39 is 0 Å². The molecule has 1 amide bonds. The number of hydrogen-bond donors (Lipinski definition) is 1. The Morgan fingerprint density at radius 2 is 1.94 bits per heavy atom. The van der Waals surface area contributed by atoms with Crippen molar-refractivity contribution < 1.29 is 19.0 Å². The van der Waals surface area contributed by atoms with Gasteiger partial charge >= 0.3 is 0 Å². The number of nitrogens with zero attached hydrogens (tertiary/aromatic N) is 3. The highest BCUT2D eigenvalue weighted by Gasteiger charge is 2.26. The number of methoxy groups -OCH3 is 1. The number of hydrazone groups is 1. The first-order valence-corrected chi connectivity index (χ1v) is 10.9. The lowest BCUT2D eigenvalue weighted by Gasteiger charge is -2.35. The van der Waals surface area contributed by atoms with Gasteiger partial charge in [-0.2, -0.15) is 5.10 Å². The van der Waals surface area contributed by atoms with E-state index in [2.05, 4.69) is 15.5 Å². The van der Waals surface area contributed by atoms with E-state index in [0.29, 0.717) is 24.6 Å². The average Bonchev–Trinajstić information content (AvgIpc) is 2.75. The molecule has 2 aromatic rings. The van der Waals surface area contributed by atoms with Crippen molar-refractivity contribution in [2.24, 2.45) is 5.10 Å². The third-order valence-corrected chi connectivity index (χ3v) is 5.54. The first kappa shape index (κ1) is 24.4. The zero-order chi connectivity index (χ0) is 23.3. The fourth-order valence-electron chi connectivity index (χ4n) is 3.19. The number of morpholine rings is 1. The summed E-state index contributed by atoms with van der Waals surface area (Å²) in [5, 5.41) is 4.76. The molecular formula is C21H23Cl3N4O4. The lowest BCUT2D eigenvalue weighted by atomic mass is 10.2. The van der Waals surface area contributed by atoms with Gasteiger partial charge in [-0.15, -0.1) is 0 Å². The Kier molecular flexibility index (Phi) is 8.42. The molecule has 32 heavy (non-hydrogen) atoms. The van der Waals surface area contributed by atoms with Crippen molar-refractivity contribution in [3.05, 3.63) is 45.0 Å². The first-order chi connectivity index (χ1) is 15.3. The fourth-order valence-corrected chi connectivity index (χ4v) is 3.73. The Hall–Kier alpha value is -2.26. The summed E-state index contributed by atoms with van der Waals surface area (Å²) < 4.78 is 16.8. The minimum atomic E-state index is -0.102. The number of carbonyl (C=O) groups is 1. The van der Waals surface area contributed by atoms with Crippen molar-refractivity contribution in [2.75, 3.05) is 32.2 Å². The second kappa shape index (κ2) is 11.0. The second-order valence-electron chi connectivity index (χ2n) is 7.22. The van der Waals surface area contributed by atoms with Gasteiger partial charge in [-0.05, 0) is 43.7 Å². The Morgan fingerprint density at radius 1 is 1.22 bits per heavy atom. The largest absolute Gasteiger partial charge is 0.493 e. The van der Waals surface area contributed by atoms with Crippen LogP contribution in [-0.4, -0.2) is 61.0 Å². The summed E-state index contributed by atoms with van der Waals surface area (Å²) in [6, 6.07) is 6.69. The first-order valence-electron chi connectivity index (χ1n) is 9.81. The van der Waals surface area contributed by atoms with Crippen LogP contribution in [0, 0.1) is 0 Å². The minimum Gasteiger partial charge on any atom is -0.493 e. The molecule has 8 nitrogen and oxygen atoms in total. The SMILES string of the molecule is COc1cc(/C=N\Nc2nc(Cl)c(Cl)cc2Cl)ccc1OCC(=O)N1C[C@H](C)O[C@@H](C)C1. The molecule has 172 valence electrons. The van der Waals surface area contributed by atoms with E-state index in [4.69, 9.17) is 49.0 Å². The maximum Gasteiger partial charge on any atom is 0.260 e. The van der Waals surface area contributed by atoms with Crippen LogP contribution in [0.15, 0.2) is 29.4 Å². The van der Waals surface area contributed by atoms with Crippen LogP contribution in [-0.2, 0) is 9.53 Å². The van der Waals surface area contributed by atoms with E-state index >= 15 is 0 Å². The number of aromatic nitrogens is 1. The number of pyridine rings is 1. The van der Waals surface area contributed by atoms with Gasteiger partial charge in [0.1, 0.15) is 5.15 Å². The average molecular weight is 502 g/mol. The van der Waals surface area contributed by atoms with E-state index in [1.54, 1.807) is 29.3 Å². The third kappa shape index (κ3) is 6.38. The number of amides is 1. The predicted molar refractivity (Wildman–Crippen MR) is 126 cm³/mol. The molecule has 1 aliphatic rings. The highest BCUT2D eigenvalue weighted by atomic mass is 35.5. The van der Waals surface area contributed by atoms with Gasteiger partial charge in [0.2, 0.25) is 0 Å². The van der Waals surface area contributed by atoms with Crippen LogP contribution in [0.4, 0.5) is 5.82 Å². The number of halogens is 3. The van der Waals surface area contributed by atoms with Gasteiger partial charge in [-0.3, -0.25) is 10.2 Å². The molecule has 0 aliphatic carbocycles. The maximum atomic E-state index is 12.5.